The van der Waals surface area contributed by atoms with E-state index in [1.165, 1.54) is 12.1 Å². The zero-order valence-electron chi connectivity index (χ0n) is 12.2. The Labute approximate surface area is 128 Å². The molecule has 7 nitrogen and oxygen atoms in total. The lowest BCUT2D eigenvalue weighted by molar-refractivity contribution is -0.385. The third-order valence-corrected chi connectivity index (χ3v) is 3.63. The first-order valence-corrected chi connectivity index (χ1v) is 7.26. The van der Waals surface area contributed by atoms with Crippen molar-refractivity contribution in [2.24, 2.45) is 0 Å². The molecule has 1 aromatic rings. The lowest BCUT2D eigenvalue weighted by Gasteiger charge is -2.20. The highest BCUT2D eigenvalue weighted by Crippen LogP contribution is 2.27. The average molecular weight is 306 g/mol. The van der Waals surface area contributed by atoms with E-state index in [0.29, 0.717) is 19.4 Å². The first kappa shape index (κ1) is 15.9. The van der Waals surface area contributed by atoms with Crippen molar-refractivity contribution >= 4 is 17.9 Å². The molecule has 1 heterocycles. The van der Waals surface area contributed by atoms with E-state index >= 15 is 0 Å². The van der Waals surface area contributed by atoms with Crippen molar-refractivity contribution in [3.05, 3.63) is 33.9 Å². The monoisotopic (exact) mass is 306 g/mol. The Morgan fingerprint density at radius 1 is 1.27 bits per heavy atom. The van der Waals surface area contributed by atoms with Gasteiger partial charge in [-0.15, -0.1) is 0 Å². The zero-order chi connectivity index (χ0) is 15.9. The van der Waals surface area contributed by atoms with E-state index in [-0.39, 0.29) is 29.5 Å². The first-order valence-electron chi connectivity index (χ1n) is 7.26. The number of rotatable bonds is 5. The summed E-state index contributed by atoms with van der Waals surface area (Å²) in [4.78, 5) is 34.9. The molecule has 1 fully saturated rings. The fourth-order valence-corrected chi connectivity index (χ4v) is 2.42. The molecule has 0 saturated carbocycles. The second kappa shape index (κ2) is 7.53. The molecule has 0 atom stereocenters. The summed E-state index contributed by atoms with van der Waals surface area (Å²) in [7, 11) is 0. The molecule has 22 heavy (non-hydrogen) atoms. The van der Waals surface area contributed by atoms with Crippen LogP contribution in [0.1, 0.15) is 36.0 Å². The number of nitro groups is 1. The van der Waals surface area contributed by atoms with Gasteiger partial charge in [0.05, 0.1) is 4.92 Å². The third-order valence-electron chi connectivity index (χ3n) is 3.63. The van der Waals surface area contributed by atoms with Crippen molar-refractivity contribution < 1.29 is 19.2 Å². The molecular formula is C15H18N2O5. The Kier molecular flexibility index (Phi) is 5.46. The predicted molar refractivity (Wildman–Crippen MR) is 79.0 cm³/mol. The van der Waals surface area contributed by atoms with Crippen LogP contribution in [-0.4, -0.2) is 41.7 Å². The van der Waals surface area contributed by atoms with Gasteiger partial charge in [0, 0.05) is 24.7 Å². The molecule has 1 amide bonds. The van der Waals surface area contributed by atoms with Crippen molar-refractivity contribution in [2.75, 3.05) is 19.7 Å². The predicted octanol–water partition coefficient (Wildman–Crippen LogP) is 2.19. The summed E-state index contributed by atoms with van der Waals surface area (Å²) >= 11 is 0. The summed E-state index contributed by atoms with van der Waals surface area (Å²) in [6.45, 7) is 1.17. The van der Waals surface area contributed by atoms with Crippen molar-refractivity contribution in [3.8, 4) is 5.75 Å². The van der Waals surface area contributed by atoms with E-state index in [2.05, 4.69) is 0 Å². The van der Waals surface area contributed by atoms with E-state index in [1.807, 2.05) is 0 Å². The average Bonchev–Trinajstić information content (AvgIpc) is 2.81. The second-order valence-electron chi connectivity index (χ2n) is 5.19. The lowest BCUT2D eigenvalue weighted by atomic mass is 10.2. The minimum Gasteiger partial charge on any atom is -0.477 e. The number of aldehydes is 1. The molecule has 0 aromatic heterocycles. The molecule has 7 heteroatoms. The zero-order valence-corrected chi connectivity index (χ0v) is 12.2. The van der Waals surface area contributed by atoms with Gasteiger partial charge >= 0.3 is 5.69 Å². The SMILES string of the molecule is O=Cc1ccc(OCC(=O)N2CCCCCC2)c([N+](=O)[O-])c1. The van der Waals surface area contributed by atoms with Gasteiger partial charge in [-0.1, -0.05) is 12.8 Å². The maximum absolute atomic E-state index is 12.1. The third kappa shape index (κ3) is 4.03. The smallest absolute Gasteiger partial charge is 0.311 e. The van der Waals surface area contributed by atoms with Crippen LogP contribution in [0, 0.1) is 10.1 Å². The van der Waals surface area contributed by atoms with Gasteiger partial charge in [-0.05, 0) is 25.0 Å². The van der Waals surface area contributed by atoms with E-state index in [4.69, 9.17) is 4.74 Å². The largest absolute Gasteiger partial charge is 0.477 e. The molecule has 1 aliphatic heterocycles. The number of hydrogen-bond donors (Lipinski definition) is 0. The van der Waals surface area contributed by atoms with Gasteiger partial charge in [0.15, 0.2) is 12.4 Å². The minimum absolute atomic E-state index is 0.00114. The molecule has 0 radical (unpaired) electrons. The van der Waals surface area contributed by atoms with Gasteiger partial charge in [-0.2, -0.15) is 0 Å². The van der Waals surface area contributed by atoms with Gasteiger partial charge in [0.2, 0.25) is 0 Å². The maximum Gasteiger partial charge on any atom is 0.311 e. The Morgan fingerprint density at radius 2 is 1.95 bits per heavy atom. The van der Waals surface area contributed by atoms with Crippen LogP contribution in [0.25, 0.3) is 0 Å². The standard InChI is InChI=1S/C15H18N2O5/c18-10-12-5-6-14(13(9-12)17(20)21)22-11-15(19)16-7-3-1-2-4-8-16/h5-6,9-10H,1-4,7-8,11H2. The van der Waals surface area contributed by atoms with Crippen LogP contribution in [0.4, 0.5) is 5.69 Å². The molecule has 0 spiro atoms. The highest BCUT2D eigenvalue weighted by atomic mass is 16.6. The molecule has 118 valence electrons. The molecule has 0 aliphatic carbocycles. The number of carbonyl (C=O) groups is 2. The second-order valence-corrected chi connectivity index (χ2v) is 5.19. The molecule has 1 aromatic carbocycles. The number of carbonyl (C=O) groups excluding carboxylic acids is 2. The van der Waals surface area contributed by atoms with Gasteiger partial charge in [-0.3, -0.25) is 19.7 Å². The summed E-state index contributed by atoms with van der Waals surface area (Å²) in [5.41, 5.74) is -0.119. The lowest BCUT2D eigenvalue weighted by Crippen LogP contribution is -2.35. The summed E-state index contributed by atoms with van der Waals surface area (Å²) < 4.78 is 5.30. The van der Waals surface area contributed by atoms with E-state index < -0.39 is 4.92 Å². The van der Waals surface area contributed by atoms with E-state index in [0.717, 1.165) is 31.7 Å². The molecule has 0 unspecified atom stereocenters. The van der Waals surface area contributed by atoms with Crippen LogP contribution in [0.2, 0.25) is 0 Å². The minimum atomic E-state index is -0.626. The van der Waals surface area contributed by atoms with Gasteiger partial charge < -0.3 is 9.64 Å². The fraction of sp³-hybridized carbons (Fsp3) is 0.467. The van der Waals surface area contributed by atoms with Gasteiger partial charge in [0.1, 0.15) is 6.29 Å². The summed E-state index contributed by atoms with van der Waals surface area (Å²) in [5.74, 6) is -0.172. The highest BCUT2D eigenvalue weighted by molar-refractivity contribution is 5.79. The van der Waals surface area contributed by atoms with Crippen LogP contribution in [-0.2, 0) is 4.79 Å². The number of amides is 1. The van der Waals surface area contributed by atoms with Crippen molar-refractivity contribution in [2.45, 2.75) is 25.7 Å². The van der Waals surface area contributed by atoms with Crippen LogP contribution >= 0.6 is 0 Å². The molecule has 1 saturated heterocycles. The maximum atomic E-state index is 12.1. The molecule has 0 bridgehead atoms. The number of likely N-dealkylation sites (tertiary alicyclic amines) is 1. The first-order chi connectivity index (χ1) is 10.6. The normalized spacial score (nSPS) is 15.0. The van der Waals surface area contributed by atoms with Crippen molar-refractivity contribution in [3.63, 3.8) is 0 Å². The quantitative estimate of drug-likeness (QED) is 0.472. The Bertz CT molecular complexity index is 565. The van der Waals surface area contributed by atoms with Crippen LogP contribution in [0.15, 0.2) is 18.2 Å². The van der Waals surface area contributed by atoms with Crippen molar-refractivity contribution in [1.29, 1.82) is 0 Å². The summed E-state index contributed by atoms with van der Waals surface area (Å²) in [5, 5.41) is 11.0. The highest BCUT2D eigenvalue weighted by Gasteiger charge is 2.20. The van der Waals surface area contributed by atoms with Crippen LogP contribution < -0.4 is 4.74 Å². The molecular weight excluding hydrogens is 288 g/mol. The number of ether oxygens (including phenoxy) is 1. The Balaban J connectivity index is 2.02. The molecule has 0 N–H and O–H groups in total. The molecule has 2 rings (SSSR count). The fourth-order valence-electron chi connectivity index (χ4n) is 2.42. The van der Waals surface area contributed by atoms with Gasteiger partial charge in [-0.25, -0.2) is 0 Å². The van der Waals surface area contributed by atoms with Crippen LogP contribution in [0.3, 0.4) is 0 Å². The van der Waals surface area contributed by atoms with E-state index in [9.17, 15) is 19.7 Å². The number of hydrogen-bond acceptors (Lipinski definition) is 5. The Morgan fingerprint density at radius 3 is 2.55 bits per heavy atom. The van der Waals surface area contributed by atoms with Crippen molar-refractivity contribution in [1.82, 2.24) is 4.90 Å². The number of nitrogens with zero attached hydrogens (tertiary/aromatic N) is 2. The topological polar surface area (TPSA) is 89.8 Å². The number of benzene rings is 1. The summed E-state index contributed by atoms with van der Waals surface area (Å²) in [6.07, 6.45) is 4.70. The molecule has 1 aliphatic rings. The summed E-state index contributed by atoms with van der Waals surface area (Å²) in [6, 6.07) is 3.90. The van der Waals surface area contributed by atoms with E-state index in [1.54, 1.807) is 4.90 Å². The van der Waals surface area contributed by atoms with Gasteiger partial charge in [0.25, 0.3) is 5.91 Å². The van der Waals surface area contributed by atoms with Crippen LogP contribution in [0.5, 0.6) is 5.75 Å². The number of nitro benzene ring substituents is 1. The Hall–Kier alpha value is -2.44.